The van der Waals surface area contributed by atoms with E-state index < -0.39 is 5.82 Å². The standard InChI is InChI=1S/C54H37FN4/c1-32-13-18-40(34(3)23-32)38-16-21-50-45(28-38)42-9-5-7-11-48(42)58(50)52-26-37(31-57)27-53(54(52)44-20-15-36(30-56)25-47(44)55)59-49-12-8-6-10-43(49)46-29-39(17-22-51(46)59)41-19-14-33(2)24-35(41)4/h5-29H,1-4H3. The van der Waals surface area contributed by atoms with Crippen LogP contribution in [0.15, 0.2) is 152 Å². The number of aromatic nitrogens is 2. The molecule has 8 aromatic carbocycles. The number of halogens is 1. The van der Waals surface area contributed by atoms with Crippen molar-refractivity contribution in [3.8, 4) is 56.9 Å². The third-order valence-electron chi connectivity index (χ3n) is 11.8. The van der Waals surface area contributed by atoms with Gasteiger partial charge in [-0.15, -0.1) is 0 Å². The van der Waals surface area contributed by atoms with Gasteiger partial charge in [-0.05, 0) is 128 Å². The van der Waals surface area contributed by atoms with Gasteiger partial charge >= 0.3 is 0 Å². The number of hydrogen-bond acceptors (Lipinski definition) is 2. The van der Waals surface area contributed by atoms with E-state index >= 15 is 4.39 Å². The van der Waals surface area contributed by atoms with Gasteiger partial charge in [0.2, 0.25) is 0 Å². The summed E-state index contributed by atoms with van der Waals surface area (Å²) in [5.74, 6) is -0.521. The lowest BCUT2D eigenvalue weighted by Gasteiger charge is -2.21. The summed E-state index contributed by atoms with van der Waals surface area (Å²) in [4.78, 5) is 0. The van der Waals surface area contributed by atoms with Gasteiger partial charge in [0.05, 0.1) is 56.7 Å². The van der Waals surface area contributed by atoms with Gasteiger partial charge in [0.15, 0.2) is 0 Å². The van der Waals surface area contributed by atoms with E-state index in [-0.39, 0.29) is 5.56 Å². The number of fused-ring (bicyclic) bond motifs is 6. The highest BCUT2D eigenvalue weighted by atomic mass is 19.1. The predicted molar refractivity (Wildman–Crippen MR) is 240 cm³/mol. The van der Waals surface area contributed by atoms with Gasteiger partial charge < -0.3 is 9.13 Å². The first-order chi connectivity index (χ1) is 28.7. The normalized spacial score (nSPS) is 11.4. The molecule has 0 fully saturated rings. The number of aryl methyl sites for hydroxylation is 4. The summed E-state index contributed by atoms with van der Waals surface area (Å²) in [5.41, 5.74) is 16.0. The van der Waals surface area contributed by atoms with Crippen molar-refractivity contribution in [2.75, 3.05) is 0 Å². The summed E-state index contributed by atoms with van der Waals surface area (Å²) >= 11 is 0. The zero-order chi connectivity index (χ0) is 40.5. The van der Waals surface area contributed by atoms with Crippen LogP contribution in [0.25, 0.3) is 88.4 Å². The average Bonchev–Trinajstić information content (AvgIpc) is 3.75. The highest BCUT2D eigenvalue weighted by Crippen LogP contribution is 2.45. The summed E-state index contributed by atoms with van der Waals surface area (Å²) in [6, 6.07) is 55.5. The van der Waals surface area contributed by atoms with Gasteiger partial charge in [0.1, 0.15) is 5.82 Å². The first kappa shape index (κ1) is 35.7. The summed E-state index contributed by atoms with van der Waals surface area (Å²) in [6.45, 7) is 8.49. The lowest BCUT2D eigenvalue weighted by Crippen LogP contribution is -2.06. The van der Waals surface area contributed by atoms with E-state index in [9.17, 15) is 10.5 Å². The Morgan fingerprint density at radius 3 is 1.34 bits per heavy atom. The quantitative estimate of drug-likeness (QED) is 0.175. The van der Waals surface area contributed by atoms with E-state index in [1.54, 1.807) is 12.1 Å². The molecule has 0 radical (unpaired) electrons. The van der Waals surface area contributed by atoms with Gasteiger partial charge in [-0.2, -0.15) is 10.5 Å². The first-order valence-electron chi connectivity index (χ1n) is 19.7. The van der Waals surface area contributed by atoms with Crippen LogP contribution in [0, 0.1) is 56.2 Å². The zero-order valence-corrected chi connectivity index (χ0v) is 33.1. The molecule has 280 valence electrons. The molecule has 2 heterocycles. The fourth-order valence-corrected chi connectivity index (χ4v) is 9.17. The van der Waals surface area contributed by atoms with Crippen LogP contribution in [0.2, 0.25) is 0 Å². The lowest BCUT2D eigenvalue weighted by atomic mass is 9.96. The van der Waals surface area contributed by atoms with Gasteiger partial charge in [-0.25, -0.2) is 4.39 Å². The number of nitrogens with zero attached hydrogens (tertiary/aromatic N) is 4. The minimum Gasteiger partial charge on any atom is -0.308 e. The number of hydrogen-bond donors (Lipinski definition) is 0. The Bertz CT molecular complexity index is 3290. The number of nitriles is 2. The van der Waals surface area contributed by atoms with Crippen molar-refractivity contribution < 1.29 is 4.39 Å². The van der Waals surface area contributed by atoms with Crippen LogP contribution in [0.3, 0.4) is 0 Å². The molecule has 10 aromatic rings. The number of rotatable bonds is 5. The third-order valence-corrected chi connectivity index (χ3v) is 11.8. The Balaban J connectivity index is 1.32. The molecular weight excluding hydrogens is 724 g/mol. The maximum atomic E-state index is 16.8. The molecule has 0 N–H and O–H groups in total. The Labute approximate surface area is 341 Å². The first-order valence-corrected chi connectivity index (χ1v) is 19.7. The van der Waals surface area contributed by atoms with E-state index in [1.807, 2.05) is 36.4 Å². The Kier molecular flexibility index (Phi) is 8.30. The predicted octanol–water partition coefficient (Wildman–Crippen LogP) is 14.0. The van der Waals surface area contributed by atoms with Gasteiger partial charge in [0.25, 0.3) is 0 Å². The minimum absolute atomic E-state index is 0.231. The molecular formula is C54H37FN4. The van der Waals surface area contributed by atoms with Crippen molar-refractivity contribution in [2.45, 2.75) is 27.7 Å². The van der Waals surface area contributed by atoms with Crippen LogP contribution < -0.4 is 0 Å². The van der Waals surface area contributed by atoms with Crippen LogP contribution in [0.1, 0.15) is 33.4 Å². The Morgan fingerprint density at radius 2 is 0.881 bits per heavy atom. The second-order valence-corrected chi connectivity index (χ2v) is 15.6. The van der Waals surface area contributed by atoms with Crippen LogP contribution >= 0.6 is 0 Å². The Hall–Kier alpha value is -7.73. The molecule has 0 atom stereocenters. The molecule has 4 nitrogen and oxygen atoms in total. The fourth-order valence-electron chi connectivity index (χ4n) is 9.17. The average molecular weight is 761 g/mol. The van der Waals surface area contributed by atoms with Crippen LogP contribution in [0.5, 0.6) is 0 Å². The van der Waals surface area contributed by atoms with Crippen molar-refractivity contribution in [3.63, 3.8) is 0 Å². The molecule has 0 aliphatic rings. The van der Waals surface area contributed by atoms with Gasteiger partial charge in [0, 0.05) is 32.7 Å². The SMILES string of the molecule is Cc1ccc(-c2ccc3c(c2)c2ccccc2n3-c2cc(C#N)cc(-n3c4ccccc4c4cc(-c5ccc(C)cc5C)ccc43)c2-c2ccc(C#N)cc2F)c(C)c1. The van der Waals surface area contributed by atoms with E-state index in [4.69, 9.17) is 0 Å². The van der Waals surface area contributed by atoms with Crippen LogP contribution in [-0.2, 0) is 0 Å². The molecule has 0 aliphatic heterocycles. The second-order valence-electron chi connectivity index (χ2n) is 15.6. The summed E-state index contributed by atoms with van der Waals surface area (Å²) in [6.07, 6.45) is 0. The highest BCUT2D eigenvalue weighted by Gasteiger charge is 2.25. The molecule has 0 saturated heterocycles. The van der Waals surface area contributed by atoms with E-state index in [1.165, 1.54) is 28.3 Å². The monoisotopic (exact) mass is 760 g/mol. The largest absolute Gasteiger partial charge is 0.308 e. The smallest absolute Gasteiger partial charge is 0.132 e. The van der Waals surface area contributed by atoms with E-state index in [0.717, 1.165) is 65.9 Å². The molecule has 59 heavy (non-hydrogen) atoms. The molecule has 0 saturated carbocycles. The maximum Gasteiger partial charge on any atom is 0.132 e. The van der Waals surface area contributed by atoms with Crippen molar-refractivity contribution in [2.24, 2.45) is 0 Å². The van der Waals surface area contributed by atoms with Crippen LogP contribution in [0.4, 0.5) is 4.39 Å². The van der Waals surface area contributed by atoms with Crippen molar-refractivity contribution in [3.05, 3.63) is 191 Å². The molecule has 0 unspecified atom stereocenters. The molecule has 5 heteroatoms. The van der Waals surface area contributed by atoms with Crippen molar-refractivity contribution in [1.29, 1.82) is 10.5 Å². The second kappa shape index (κ2) is 13.7. The number of benzene rings is 8. The van der Waals surface area contributed by atoms with Crippen molar-refractivity contribution in [1.82, 2.24) is 9.13 Å². The zero-order valence-electron chi connectivity index (χ0n) is 33.1. The third kappa shape index (κ3) is 5.71. The molecule has 10 rings (SSSR count). The summed E-state index contributed by atoms with van der Waals surface area (Å²) in [7, 11) is 0. The van der Waals surface area contributed by atoms with E-state index in [0.29, 0.717) is 28.1 Å². The molecule has 0 spiro atoms. The maximum absolute atomic E-state index is 16.8. The molecule has 0 bridgehead atoms. The van der Waals surface area contributed by atoms with Crippen LogP contribution in [-0.4, -0.2) is 9.13 Å². The highest BCUT2D eigenvalue weighted by molar-refractivity contribution is 6.13. The lowest BCUT2D eigenvalue weighted by molar-refractivity contribution is 0.630. The summed E-state index contributed by atoms with van der Waals surface area (Å²) < 4.78 is 21.1. The topological polar surface area (TPSA) is 57.4 Å². The molecule has 0 aliphatic carbocycles. The number of para-hydroxylation sites is 2. The van der Waals surface area contributed by atoms with Gasteiger partial charge in [-0.3, -0.25) is 0 Å². The van der Waals surface area contributed by atoms with Gasteiger partial charge in [-0.1, -0.05) is 96.1 Å². The van der Waals surface area contributed by atoms with Crippen molar-refractivity contribution >= 4 is 43.6 Å². The summed E-state index contributed by atoms with van der Waals surface area (Å²) in [5, 5.41) is 24.7. The Morgan fingerprint density at radius 1 is 0.424 bits per heavy atom. The van der Waals surface area contributed by atoms with E-state index in [2.05, 4.69) is 146 Å². The molecule has 0 amide bonds. The fraction of sp³-hybridized carbons (Fsp3) is 0.0741. The molecule has 2 aromatic heterocycles. The minimum atomic E-state index is -0.521.